The van der Waals surface area contributed by atoms with Crippen molar-refractivity contribution in [1.29, 1.82) is 10.5 Å². The van der Waals surface area contributed by atoms with E-state index in [-0.39, 0.29) is 5.57 Å². The molecule has 0 aromatic heterocycles. The maximum atomic E-state index is 8.15. The van der Waals surface area contributed by atoms with Crippen LogP contribution >= 0.6 is 0 Å². The van der Waals surface area contributed by atoms with Crippen LogP contribution in [0.4, 0.5) is 0 Å². The molecule has 0 rings (SSSR count). The first kappa shape index (κ1) is 7.76. The van der Waals surface area contributed by atoms with E-state index in [0.29, 0.717) is 3.37 Å². The normalized spacial score (nSPS) is 6.50. The Labute approximate surface area is 63.8 Å². The Morgan fingerprint density at radius 3 is 1.50 bits per heavy atom. The number of hydrogen-bond acceptors (Lipinski definition) is 2. The summed E-state index contributed by atoms with van der Waals surface area (Å²) in [6.07, 6.45) is 0. The van der Waals surface area contributed by atoms with Gasteiger partial charge in [-0.25, -0.2) is 0 Å². The Balaban J connectivity index is 4.47. The summed E-state index contributed by atoms with van der Waals surface area (Å²) in [5, 5.41) is 16.3. The van der Waals surface area contributed by atoms with Crippen molar-refractivity contribution < 1.29 is 0 Å². The first-order valence-corrected chi connectivity index (χ1v) is 3.52. The van der Waals surface area contributed by atoms with Gasteiger partial charge < -0.3 is 0 Å². The molecule has 40 valence electrons. The van der Waals surface area contributed by atoms with Crippen molar-refractivity contribution in [3.05, 3.63) is 8.94 Å². The van der Waals surface area contributed by atoms with E-state index in [9.17, 15) is 0 Å². The summed E-state index contributed by atoms with van der Waals surface area (Å²) in [5.74, 6) is 0. The Kier molecular flexibility index (Phi) is 3.61. The van der Waals surface area contributed by atoms with E-state index in [4.69, 9.17) is 10.5 Å². The van der Waals surface area contributed by atoms with Gasteiger partial charge in [0.05, 0.1) is 0 Å². The monoisotopic (exact) mass is 238 g/mol. The topological polar surface area (TPSA) is 47.6 Å². The second kappa shape index (κ2) is 3.72. The van der Waals surface area contributed by atoms with Gasteiger partial charge in [0, 0.05) is 0 Å². The van der Waals surface area contributed by atoms with Crippen molar-refractivity contribution in [3.63, 3.8) is 0 Å². The van der Waals surface area contributed by atoms with E-state index in [2.05, 4.69) is 32.0 Å². The van der Waals surface area contributed by atoms with Gasteiger partial charge in [0.2, 0.25) is 0 Å². The Morgan fingerprint density at radius 1 is 1.12 bits per heavy atom. The molecule has 0 atom stereocenters. The molecule has 4 heteroatoms. The zero-order chi connectivity index (χ0) is 6.57. The third kappa shape index (κ3) is 2.17. The molecule has 0 radical (unpaired) electrons. The number of nitriles is 2. The molecule has 0 fully saturated rings. The molecule has 0 aromatic rings. The molecule has 0 bridgehead atoms. The predicted molar refractivity (Wildman–Crippen MR) is 32.5 cm³/mol. The average Bonchev–Trinajstić information content (AvgIpc) is 1.69. The quantitative estimate of drug-likeness (QED) is 0.402. The van der Waals surface area contributed by atoms with E-state index in [0.717, 1.165) is 0 Å². The predicted octanol–water partition coefficient (Wildman–Crippen LogP) is -0.953. The number of rotatable bonds is 0. The SMILES string of the molecule is N#CC(C#N)=C([SeH])[SeH]. The third-order valence-corrected chi connectivity index (χ3v) is 1.39. The van der Waals surface area contributed by atoms with Crippen LogP contribution in [0.1, 0.15) is 0 Å². The molecule has 0 aromatic carbocycles. The maximum absolute atomic E-state index is 8.15. The van der Waals surface area contributed by atoms with Gasteiger partial charge in [-0.15, -0.1) is 0 Å². The average molecular weight is 236 g/mol. The van der Waals surface area contributed by atoms with Crippen molar-refractivity contribution in [2.45, 2.75) is 0 Å². The summed E-state index contributed by atoms with van der Waals surface area (Å²) in [4.78, 5) is 0. The van der Waals surface area contributed by atoms with Gasteiger partial charge >= 0.3 is 63.6 Å². The minimum absolute atomic E-state index is 0.157. The fourth-order valence-electron chi connectivity index (χ4n) is 0.125. The first-order chi connectivity index (χ1) is 3.72. The van der Waals surface area contributed by atoms with E-state index in [1.54, 1.807) is 12.1 Å². The van der Waals surface area contributed by atoms with Gasteiger partial charge in [-0.3, -0.25) is 0 Å². The molecule has 0 amide bonds. The van der Waals surface area contributed by atoms with E-state index >= 15 is 0 Å². The second-order valence-electron chi connectivity index (χ2n) is 0.922. The Bertz CT molecular complexity index is 173. The molecular weight excluding hydrogens is 234 g/mol. The van der Waals surface area contributed by atoms with Crippen molar-refractivity contribution in [1.82, 2.24) is 0 Å². The van der Waals surface area contributed by atoms with Crippen molar-refractivity contribution >= 4 is 32.0 Å². The van der Waals surface area contributed by atoms with Crippen molar-refractivity contribution in [2.24, 2.45) is 0 Å². The zero-order valence-electron chi connectivity index (χ0n) is 3.79. The van der Waals surface area contributed by atoms with Crippen LogP contribution in [0.15, 0.2) is 8.94 Å². The molecule has 2 nitrogen and oxygen atoms in total. The summed E-state index contributed by atoms with van der Waals surface area (Å²) < 4.78 is 0.648. The fraction of sp³-hybridized carbons (Fsp3) is 0. The summed E-state index contributed by atoms with van der Waals surface area (Å²) >= 11 is 4.26. The Morgan fingerprint density at radius 2 is 1.50 bits per heavy atom. The van der Waals surface area contributed by atoms with Gasteiger partial charge in [-0.1, -0.05) is 0 Å². The van der Waals surface area contributed by atoms with E-state index in [1.165, 1.54) is 0 Å². The van der Waals surface area contributed by atoms with Crippen LogP contribution in [0.2, 0.25) is 0 Å². The standard InChI is InChI=1S/C4H2N2Se2/c5-1-3(2-6)4(7)8/h7-8H. The molecule has 0 aliphatic carbocycles. The summed E-state index contributed by atoms with van der Waals surface area (Å²) in [6.45, 7) is 0. The Hall–Kier alpha value is -0.241. The number of allylic oxidation sites excluding steroid dienone is 1. The van der Waals surface area contributed by atoms with Crippen LogP contribution in [-0.2, 0) is 0 Å². The van der Waals surface area contributed by atoms with E-state index in [1.807, 2.05) is 0 Å². The molecule has 0 N–H and O–H groups in total. The number of nitrogens with zero attached hydrogens (tertiary/aromatic N) is 2. The minimum atomic E-state index is 0.157. The summed E-state index contributed by atoms with van der Waals surface area (Å²) in [6, 6.07) is 3.48. The van der Waals surface area contributed by atoms with Crippen molar-refractivity contribution in [3.8, 4) is 12.1 Å². The van der Waals surface area contributed by atoms with Gasteiger partial charge in [-0.05, 0) is 0 Å². The molecule has 0 aliphatic rings. The molecule has 0 spiro atoms. The molecule has 0 aliphatic heterocycles. The summed E-state index contributed by atoms with van der Waals surface area (Å²) in [5.41, 5.74) is 0.157. The van der Waals surface area contributed by atoms with Crippen LogP contribution in [0.25, 0.3) is 0 Å². The molecule has 8 heavy (non-hydrogen) atoms. The molecule has 0 saturated heterocycles. The molecule has 0 heterocycles. The molecule has 0 unspecified atom stereocenters. The van der Waals surface area contributed by atoms with Gasteiger partial charge in [0.1, 0.15) is 0 Å². The van der Waals surface area contributed by atoms with Crippen LogP contribution in [0.5, 0.6) is 0 Å². The van der Waals surface area contributed by atoms with Crippen molar-refractivity contribution in [2.75, 3.05) is 0 Å². The van der Waals surface area contributed by atoms with Crippen LogP contribution in [-0.4, -0.2) is 32.0 Å². The molecular formula is C4H2N2Se2. The first-order valence-electron chi connectivity index (χ1n) is 1.64. The van der Waals surface area contributed by atoms with Crippen LogP contribution in [0.3, 0.4) is 0 Å². The molecule has 0 saturated carbocycles. The second-order valence-corrected chi connectivity index (χ2v) is 4.46. The number of hydrogen-bond donors (Lipinski definition) is 0. The van der Waals surface area contributed by atoms with Crippen LogP contribution < -0.4 is 0 Å². The fourth-order valence-corrected chi connectivity index (χ4v) is 0.545. The van der Waals surface area contributed by atoms with Gasteiger partial charge in [0.15, 0.2) is 0 Å². The summed E-state index contributed by atoms with van der Waals surface area (Å²) in [7, 11) is 0. The van der Waals surface area contributed by atoms with Crippen LogP contribution in [0, 0.1) is 22.7 Å². The van der Waals surface area contributed by atoms with Gasteiger partial charge in [-0.2, -0.15) is 0 Å². The van der Waals surface area contributed by atoms with E-state index < -0.39 is 0 Å². The van der Waals surface area contributed by atoms with Gasteiger partial charge in [0.25, 0.3) is 0 Å². The zero-order valence-corrected chi connectivity index (χ0v) is 7.54. The third-order valence-electron chi connectivity index (χ3n) is 0.447.